The van der Waals surface area contributed by atoms with Gasteiger partial charge in [0.05, 0.1) is 16.8 Å². The largest absolute Gasteiger partial charge is 0.334 e. The van der Waals surface area contributed by atoms with Crippen molar-refractivity contribution in [2.24, 2.45) is 7.05 Å². The Bertz CT molecular complexity index is 600. The van der Waals surface area contributed by atoms with Crippen molar-refractivity contribution in [2.75, 3.05) is 5.32 Å². The van der Waals surface area contributed by atoms with Gasteiger partial charge in [-0.05, 0) is 13.3 Å². The van der Waals surface area contributed by atoms with Gasteiger partial charge in [-0.1, -0.05) is 6.92 Å². The van der Waals surface area contributed by atoms with Gasteiger partial charge in [0.2, 0.25) is 5.82 Å². The van der Waals surface area contributed by atoms with Crippen LogP contribution < -0.4 is 5.32 Å². The number of nitrogens with zero attached hydrogens (tertiary/aromatic N) is 5. The molecule has 0 saturated carbocycles. The molecule has 0 aliphatic carbocycles. The molecule has 0 aliphatic heterocycles. The third-order valence-electron chi connectivity index (χ3n) is 2.72. The van der Waals surface area contributed by atoms with Crippen LogP contribution in [-0.2, 0) is 13.6 Å². The average molecular weight is 264 g/mol. The van der Waals surface area contributed by atoms with Gasteiger partial charge >= 0.3 is 5.69 Å². The second-order valence-corrected chi connectivity index (χ2v) is 4.28. The zero-order valence-electron chi connectivity index (χ0n) is 11.1. The molecule has 2 aromatic rings. The lowest BCUT2D eigenvalue weighted by atomic mass is 10.4. The molecular weight excluding hydrogens is 248 g/mol. The van der Waals surface area contributed by atoms with E-state index in [4.69, 9.17) is 0 Å². The fourth-order valence-corrected chi connectivity index (χ4v) is 1.92. The predicted octanol–water partition coefficient (Wildman–Crippen LogP) is 1.99. The van der Waals surface area contributed by atoms with E-state index in [0.29, 0.717) is 17.2 Å². The Kier molecular flexibility index (Phi) is 3.50. The summed E-state index contributed by atoms with van der Waals surface area (Å²) < 4.78 is 3.25. The van der Waals surface area contributed by atoms with Crippen LogP contribution in [0.25, 0.3) is 0 Å². The van der Waals surface area contributed by atoms with Crippen molar-refractivity contribution in [1.29, 1.82) is 0 Å². The summed E-state index contributed by atoms with van der Waals surface area (Å²) in [6.07, 6.45) is 4.43. The molecule has 0 saturated heterocycles. The molecule has 19 heavy (non-hydrogen) atoms. The summed E-state index contributed by atoms with van der Waals surface area (Å²) in [5.74, 6) is 0.360. The molecule has 2 aromatic heterocycles. The minimum absolute atomic E-state index is 0.00857. The van der Waals surface area contributed by atoms with E-state index in [0.717, 1.165) is 13.0 Å². The van der Waals surface area contributed by atoms with Crippen LogP contribution in [0.15, 0.2) is 12.4 Å². The molecule has 8 nitrogen and oxygen atoms in total. The number of aromatic nitrogens is 4. The number of anilines is 2. The maximum absolute atomic E-state index is 11.0. The Morgan fingerprint density at radius 2 is 2.26 bits per heavy atom. The third kappa shape index (κ3) is 2.56. The van der Waals surface area contributed by atoms with Crippen LogP contribution in [0.2, 0.25) is 0 Å². The first-order valence-corrected chi connectivity index (χ1v) is 6.00. The fourth-order valence-electron chi connectivity index (χ4n) is 1.92. The lowest BCUT2D eigenvalue weighted by molar-refractivity contribution is -0.384. The number of nitrogens with one attached hydrogen (secondary N) is 1. The van der Waals surface area contributed by atoms with E-state index in [1.54, 1.807) is 24.9 Å². The number of hydrogen-bond donors (Lipinski definition) is 1. The molecule has 8 heteroatoms. The summed E-state index contributed by atoms with van der Waals surface area (Å²) in [5.41, 5.74) is 1.08. The predicted molar refractivity (Wildman–Crippen MR) is 70.4 cm³/mol. The standard InChI is InChI=1S/C11H16N6O2/c1-4-5-16-7-9(6-12-16)13-11-10(17(18)19)8(2)14-15(11)3/h6-7,13H,4-5H2,1-3H3. The fraction of sp³-hybridized carbons (Fsp3) is 0.455. The first kappa shape index (κ1) is 13.1. The van der Waals surface area contributed by atoms with Gasteiger partial charge in [-0.2, -0.15) is 10.2 Å². The highest BCUT2D eigenvalue weighted by atomic mass is 16.6. The second-order valence-electron chi connectivity index (χ2n) is 4.28. The number of hydrogen-bond acceptors (Lipinski definition) is 5. The van der Waals surface area contributed by atoms with Crippen LogP contribution in [0.1, 0.15) is 19.0 Å². The number of nitro groups is 1. The van der Waals surface area contributed by atoms with E-state index in [-0.39, 0.29) is 5.69 Å². The Morgan fingerprint density at radius 1 is 1.53 bits per heavy atom. The van der Waals surface area contributed by atoms with Crippen LogP contribution in [-0.4, -0.2) is 24.5 Å². The molecule has 2 heterocycles. The summed E-state index contributed by atoms with van der Waals surface area (Å²) in [6, 6.07) is 0. The maximum atomic E-state index is 11.0. The summed E-state index contributed by atoms with van der Waals surface area (Å²) >= 11 is 0. The van der Waals surface area contributed by atoms with Gasteiger partial charge in [-0.15, -0.1) is 0 Å². The van der Waals surface area contributed by atoms with Crippen molar-refractivity contribution in [1.82, 2.24) is 19.6 Å². The molecule has 0 amide bonds. The van der Waals surface area contributed by atoms with E-state index in [2.05, 4.69) is 22.4 Å². The van der Waals surface area contributed by atoms with Crippen molar-refractivity contribution in [2.45, 2.75) is 26.8 Å². The van der Waals surface area contributed by atoms with Crippen molar-refractivity contribution in [3.63, 3.8) is 0 Å². The van der Waals surface area contributed by atoms with Gasteiger partial charge in [0.25, 0.3) is 0 Å². The minimum atomic E-state index is -0.429. The van der Waals surface area contributed by atoms with Gasteiger partial charge < -0.3 is 5.32 Å². The van der Waals surface area contributed by atoms with E-state index in [9.17, 15) is 10.1 Å². The first-order valence-electron chi connectivity index (χ1n) is 6.00. The highest BCUT2D eigenvalue weighted by molar-refractivity contribution is 5.66. The zero-order valence-corrected chi connectivity index (χ0v) is 11.1. The molecule has 0 atom stereocenters. The summed E-state index contributed by atoms with van der Waals surface area (Å²) in [5, 5.41) is 22.3. The molecule has 0 radical (unpaired) electrons. The van der Waals surface area contributed by atoms with E-state index < -0.39 is 4.92 Å². The van der Waals surface area contributed by atoms with Crippen molar-refractivity contribution < 1.29 is 4.92 Å². The average Bonchev–Trinajstić information content (AvgIpc) is 2.86. The van der Waals surface area contributed by atoms with Gasteiger partial charge in [-0.3, -0.25) is 14.8 Å². The van der Waals surface area contributed by atoms with E-state index >= 15 is 0 Å². The molecule has 0 bridgehead atoms. The molecule has 0 fully saturated rings. The van der Waals surface area contributed by atoms with Gasteiger partial charge in [0, 0.05) is 19.8 Å². The third-order valence-corrected chi connectivity index (χ3v) is 2.72. The van der Waals surface area contributed by atoms with Crippen LogP contribution in [0.4, 0.5) is 17.2 Å². The molecular formula is C11H16N6O2. The molecule has 0 aliphatic rings. The van der Waals surface area contributed by atoms with Crippen LogP contribution in [0, 0.1) is 17.0 Å². The Balaban J connectivity index is 2.29. The van der Waals surface area contributed by atoms with Crippen molar-refractivity contribution >= 4 is 17.2 Å². The normalized spacial score (nSPS) is 10.7. The van der Waals surface area contributed by atoms with Gasteiger partial charge in [0.15, 0.2) is 0 Å². The van der Waals surface area contributed by atoms with Crippen LogP contribution in [0.3, 0.4) is 0 Å². The molecule has 2 rings (SSSR count). The topological polar surface area (TPSA) is 90.8 Å². The Morgan fingerprint density at radius 3 is 2.89 bits per heavy atom. The van der Waals surface area contributed by atoms with Crippen LogP contribution in [0.5, 0.6) is 0 Å². The number of aryl methyl sites for hydroxylation is 3. The lowest BCUT2D eigenvalue weighted by Gasteiger charge is -2.02. The summed E-state index contributed by atoms with van der Waals surface area (Å²) in [4.78, 5) is 10.6. The highest BCUT2D eigenvalue weighted by Gasteiger charge is 2.24. The van der Waals surface area contributed by atoms with Gasteiger partial charge in [-0.25, -0.2) is 4.68 Å². The second kappa shape index (κ2) is 5.09. The molecule has 0 aromatic carbocycles. The SMILES string of the molecule is CCCn1cc(Nc2c([N+](=O)[O-])c(C)nn2C)cn1. The smallest absolute Gasteiger partial charge is 0.332 e. The van der Waals surface area contributed by atoms with E-state index in [1.807, 2.05) is 6.20 Å². The molecule has 0 unspecified atom stereocenters. The number of rotatable bonds is 5. The van der Waals surface area contributed by atoms with Gasteiger partial charge in [0.1, 0.15) is 5.69 Å². The molecule has 102 valence electrons. The highest BCUT2D eigenvalue weighted by Crippen LogP contribution is 2.29. The molecule has 1 N–H and O–H groups in total. The maximum Gasteiger partial charge on any atom is 0.334 e. The quantitative estimate of drug-likeness (QED) is 0.658. The minimum Gasteiger partial charge on any atom is -0.332 e. The molecule has 0 spiro atoms. The monoisotopic (exact) mass is 264 g/mol. The van der Waals surface area contributed by atoms with Crippen LogP contribution >= 0.6 is 0 Å². The lowest BCUT2D eigenvalue weighted by Crippen LogP contribution is -2.01. The Labute approximate surface area is 110 Å². The van der Waals surface area contributed by atoms with E-state index in [1.165, 1.54) is 4.68 Å². The summed E-state index contributed by atoms with van der Waals surface area (Å²) in [6.45, 7) is 4.49. The zero-order chi connectivity index (χ0) is 14.0. The Hall–Kier alpha value is -2.38. The first-order chi connectivity index (χ1) is 9.02. The van der Waals surface area contributed by atoms with Crippen molar-refractivity contribution in [3.05, 3.63) is 28.2 Å². The van der Waals surface area contributed by atoms with Crippen molar-refractivity contribution in [3.8, 4) is 0 Å². The summed E-state index contributed by atoms with van der Waals surface area (Å²) in [7, 11) is 1.67.